The molecule has 1 heterocycles. The van der Waals surface area contributed by atoms with Gasteiger partial charge in [-0.15, -0.1) is 10.2 Å². The average molecular weight is 274 g/mol. The van der Waals surface area contributed by atoms with Gasteiger partial charge < -0.3 is 5.32 Å². The van der Waals surface area contributed by atoms with E-state index in [2.05, 4.69) is 29.4 Å². The van der Waals surface area contributed by atoms with Crippen LogP contribution in [0.15, 0.2) is 4.34 Å². The van der Waals surface area contributed by atoms with Crippen LogP contribution in [0.5, 0.6) is 0 Å². The van der Waals surface area contributed by atoms with E-state index in [1.807, 2.05) is 0 Å². The van der Waals surface area contributed by atoms with Crippen molar-refractivity contribution in [1.82, 2.24) is 15.5 Å². The molecule has 0 aliphatic carbocycles. The van der Waals surface area contributed by atoms with Crippen LogP contribution in [-0.4, -0.2) is 36.1 Å². The number of hydrogen-bond donors (Lipinski definition) is 1. The third kappa shape index (κ3) is 4.51. The molecule has 0 aromatic carbocycles. The number of amides is 2. The summed E-state index contributed by atoms with van der Waals surface area (Å²) < 4.78 is 0.913. The summed E-state index contributed by atoms with van der Waals surface area (Å²) in [6.45, 7) is 4.40. The molecule has 5 nitrogen and oxygen atoms in total. The fourth-order valence-corrected chi connectivity index (χ4v) is 3.14. The summed E-state index contributed by atoms with van der Waals surface area (Å²) in [4.78, 5) is 12.8. The van der Waals surface area contributed by atoms with Gasteiger partial charge in [0, 0.05) is 19.8 Å². The lowest BCUT2D eigenvalue weighted by atomic mass is 10.2. The van der Waals surface area contributed by atoms with Crippen LogP contribution in [0, 0.1) is 5.92 Å². The van der Waals surface area contributed by atoms with E-state index in [0.29, 0.717) is 11.0 Å². The Morgan fingerprint density at radius 2 is 2.24 bits per heavy atom. The van der Waals surface area contributed by atoms with Gasteiger partial charge >= 0.3 is 6.03 Å². The Labute approximate surface area is 110 Å². The van der Waals surface area contributed by atoms with Crippen molar-refractivity contribution in [2.45, 2.75) is 24.6 Å². The second-order valence-electron chi connectivity index (χ2n) is 4.00. The monoisotopic (exact) mass is 274 g/mol. The molecule has 0 saturated heterocycles. The second kappa shape index (κ2) is 6.80. The first kappa shape index (κ1) is 14.2. The molecule has 0 radical (unpaired) electrons. The Balaban J connectivity index is 2.50. The van der Waals surface area contributed by atoms with Crippen molar-refractivity contribution in [3.8, 4) is 0 Å². The molecule has 0 aliphatic rings. The van der Waals surface area contributed by atoms with Gasteiger partial charge in [0.05, 0.1) is 0 Å². The van der Waals surface area contributed by atoms with Crippen LogP contribution in [0.25, 0.3) is 0 Å². The van der Waals surface area contributed by atoms with Crippen molar-refractivity contribution in [3.63, 3.8) is 0 Å². The molecule has 0 atom stereocenters. The number of carbonyl (C=O) groups excluding carboxylic acids is 1. The maximum Gasteiger partial charge on any atom is 0.323 e. The highest BCUT2D eigenvalue weighted by atomic mass is 32.2. The molecular weight excluding hydrogens is 256 g/mol. The third-order valence-electron chi connectivity index (χ3n) is 2.12. The minimum atomic E-state index is -0.181. The van der Waals surface area contributed by atoms with Crippen molar-refractivity contribution in [2.75, 3.05) is 24.7 Å². The van der Waals surface area contributed by atoms with E-state index in [1.165, 1.54) is 16.2 Å². The zero-order valence-corrected chi connectivity index (χ0v) is 12.2. The Hall–Kier alpha value is -0.820. The predicted octanol–water partition coefficient (Wildman–Crippen LogP) is 2.45. The summed E-state index contributed by atoms with van der Waals surface area (Å²) in [5.74, 6) is 1.74. The van der Waals surface area contributed by atoms with Crippen LogP contribution in [0.1, 0.15) is 20.3 Å². The Bertz CT molecular complexity index is 367. The minimum absolute atomic E-state index is 0.181. The van der Waals surface area contributed by atoms with Gasteiger partial charge in [-0.05, 0) is 12.3 Å². The maximum atomic E-state index is 11.4. The first-order valence-electron chi connectivity index (χ1n) is 5.46. The fourth-order valence-electron chi connectivity index (χ4n) is 1.03. The number of aromatic nitrogens is 2. The summed E-state index contributed by atoms with van der Waals surface area (Å²) in [6.07, 6.45) is 1.16. The molecule has 0 unspecified atom stereocenters. The van der Waals surface area contributed by atoms with E-state index in [1.54, 1.807) is 25.9 Å². The van der Waals surface area contributed by atoms with Gasteiger partial charge in [0.15, 0.2) is 4.34 Å². The lowest BCUT2D eigenvalue weighted by molar-refractivity contribution is 0.249. The molecule has 0 saturated carbocycles. The SMILES string of the molecule is CNC(=O)N(C)c1nnc(SCCC(C)C)s1. The normalized spacial score (nSPS) is 10.6. The highest BCUT2D eigenvalue weighted by molar-refractivity contribution is 8.01. The van der Waals surface area contributed by atoms with Crippen LogP contribution in [0.3, 0.4) is 0 Å². The summed E-state index contributed by atoms with van der Waals surface area (Å²) in [6, 6.07) is -0.181. The molecule has 17 heavy (non-hydrogen) atoms. The van der Waals surface area contributed by atoms with E-state index in [4.69, 9.17) is 0 Å². The number of nitrogens with one attached hydrogen (secondary N) is 1. The van der Waals surface area contributed by atoms with Crippen LogP contribution < -0.4 is 10.2 Å². The number of anilines is 1. The summed E-state index contributed by atoms with van der Waals surface area (Å²) in [5, 5.41) is 11.2. The van der Waals surface area contributed by atoms with Gasteiger partial charge in [0.2, 0.25) is 5.13 Å². The van der Waals surface area contributed by atoms with E-state index < -0.39 is 0 Å². The molecular formula is C10H18N4OS2. The molecule has 2 amide bonds. The number of carbonyl (C=O) groups is 1. The third-order valence-corrected chi connectivity index (χ3v) is 4.29. The predicted molar refractivity (Wildman–Crippen MR) is 72.9 cm³/mol. The molecule has 1 N–H and O–H groups in total. The summed E-state index contributed by atoms with van der Waals surface area (Å²) in [7, 11) is 3.28. The lowest BCUT2D eigenvalue weighted by Gasteiger charge is -2.11. The van der Waals surface area contributed by atoms with Crippen molar-refractivity contribution in [1.29, 1.82) is 0 Å². The summed E-state index contributed by atoms with van der Waals surface area (Å²) in [5.41, 5.74) is 0. The molecule has 1 aromatic rings. The van der Waals surface area contributed by atoms with Gasteiger partial charge in [-0.2, -0.15) is 0 Å². The fraction of sp³-hybridized carbons (Fsp3) is 0.700. The number of nitrogens with zero attached hydrogens (tertiary/aromatic N) is 3. The number of thioether (sulfide) groups is 1. The van der Waals surface area contributed by atoms with Crippen molar-refractivity contribution in [3.05, 3.63) is 0 Å². The quantitative estimate of drug-likeness (QED) is 0.662. The largest absolute Gasteiger partial charge is 0.341 e. The van der Waals surface area contributed by atoms with Crippen LogP contribution in [-0.2, 0) is 0 Å². The molecule has 0 bridgehead atoms. The van der Waals surface area contributed by atoms with Crippen LogP contribution in [0.4, 0.5) is 9.93 Å². The number of hydrogen-bond acceptors (Lipinski definition) is 5. The minimum Gasteiger partial charge on any atom is -0.341 e. The van der Waals surface area contributed by atoms with Gasteiger partial charge in [0.1, 0.15) is 0 Å². The molecule has 96 valence electrons. The van der Waals surface area contributed by atoms with Crippen molar-refractivity contribution >= 4 is 34.3 Å². The maximum absolute atomic E-state index is 11.4. The van der Waals surface area contributed by atoms with Crippen LogP contribution >= 0.6 is 23.1 Å². The van der Waals surface area contributed by atoms with Gasteiger partial charge in [-0.1, -0.05) is 36.9 Å². The first-order valence-corrected chi connectivity index (χ1v) is 7.26. The van der Waals surface area contributed by atoms with E-state index in [-0.39, 0.29) is 6.03 Å². The molecule has 1 aromatic heterocycles. The topological polar surface area (TPSA) is 58.1 Å². The highest BCUT2D eigenvalue weighted by Crippen LogP contribution is 2.28. The lowest BCUT2D eigenvalue weighted by Crippen LogP contribution is -2.34. The highest BCUT2D eigenvalue weighted by Gasteiger charge is 2.14. The average Bonchev–Trinajstić information content (AvgIpc) is 2.75. The molecule has 0 spiro atoms. The zero-order valence-electron chi connectivity index (χ0n) is 10.6. The smallest absolute Gasteiger partial charge is 0.323 e. The molecule has 1 rings (SSSR count). The number of rotatable bonds is 5. The molecule has 7 heteroatoms. The standard InChI is InChI=1S/C10H18N4OS2/c1-7(2)5-6-16-10-13-12-9(17-10)14(4)8(15)11-3/h7H,5-6H2,1-4H3,(H,11,15). The van der Waals surface area contributed by atoms with Gasteiger partial charge in [-0.25, -0.2) is 4.79 Å². The summed E-state index contributed by atoms with van der Waals surface area (Å²) >= 11 is 3.14. The van der Waals surface area contributed by atoms with E-state index in [9.17, 15) is 4.79 Å². The van der Waals surface area contributed by atoms with Gasteiger partial charge in [-0.3, -0.25) is 4.90 Å². The molecule has 0 fully saturated rings. The zero-order chi connectivity index (χ0) is 12.8. The Morgan fingerprint density at radius 3 is 2.82 bits per heavy atom. The van der Waals surface area contributed by atoms with Crippen molar-refractivity contribution in [2.24, 2.45) is 5.92 Å². The van der Waals surface area contributed by atoms with Crippen molar-refractivity contribution < 1.29 is 4.79 Å². The number of urea groups is 1. The van der Waals surface area contributed by atoms with Gasteiger partial charge in [0.25, 0.3) is 0 Å². The second-order valence-corrected chi connectivity index (χ2v) is 6.29. The van der Waals surface area contributed by atoms with Crippen LogP contribution in [0.2, 0.25) is 0 Å². The first-order chi connectivity index (χ1) is 8.04. The Kier molecular flexibility index (Phi) is 5.70. The van der Waals surface area contributed by atoms with E-state index in [0.717, 1.165) is 16.5 Å². The Morgan fingerprint density at radius 1 is 1.53 bits per heavy atom. The molecule has 0 aliphatic heterocycles. The van der Waals surface area contributed by atoms with E-state index >= 15 is 0 Å².